The summed E-state index contributed by atoms with van der Waals surface area (Å²) >= 11 is 1.35. The number of nitrogens with one attached hydrogen (secondary N) is 1. The molecular formula is C12H14N4OS. The highest BCUT2D eigenvalue weighted by Gasteiger charge is 2.14. The Labute approximate surface area is 109 Å². The Bertz CT molecular complexity index is 553. The third-order valence-corrected chi connectivity index (χ3v) is 3.35. The van der Waals surface area contributed by atoms with Gasteiger partial charge in [-0.25, -0.2) is 0 Å². The van der Waals surface area contributed by atoms with Gasteiger partial charge in [0.05, 0.1) is 4.88 Å². The topological polar surface area (TPSA) is 107 Å². The molecule has 0 aliphatic rings. The average molecular weight is 262 g/mol. The van der Waals surface area contributed by atoms with E-state index in [1.807, 2.05) is 5.38 Å². The second-order valence-corrected chi connectivity index (χ2v) is 4.76. The lowest BCUT2D eigenvalue weighted by Gasteiger charge is -2.16. The number of hydrogen-bond acceptors (Lipinski definition) is 5. The lowest BCUT2D eigenvalue weighted by molar-refractivity contribution is 0.0942. The molecule has 0 aliphatic carbocycles. The molecule has 0 spiro atoms. The van der Waals surface area contributed by atoms with Crippen LogP contribution in [0.15, 0.2) is 35.7 Å². The Hall–Kier alpha value is -2.05. The van der Waals surface area contributed by atoms with Crippen molar-refractivity contribution in [3.63, 3.8) is 0 Å². The first-order chi connectivity index (χ1) is 8.58. The summed E-state index contributed by atoms with van der Waals surface area (Å²) in [5, 5.41) is 4.51. The second-order valence-electron chi connectivity index (χ2n) is 3.82. The summed E-state index contributed by atoms with van der Waals surface area (Å²) in [5.74, 6) is -0.223. The molecule has 0 saturated carbocycles. The van der Waals surface area contributed by atoms with E-state index in [1.165, 1.54) is 11.3 Å². The van der Waals surface area contributed by atoms with Gasteiger partial charge in [-0.05, 0) is 29.6 Å². The van der Waals surface area contributed by atoms with Gasteiger partial charge in [-0.15, -0.1) is 11.3 Å². The number of benzene rings is 1. The van der Waals surface area contributed by atoms with Crippen LogP contribution in [0.1, 0.15) is 21.4 Å². The maximum absolute atomic E-state index is 11.8. The van der Waals surface area contributed by atoms with E-state index in [4.69, 9.17) is 17.2 Å². The fraction of sp³-hybridized carbons (Fsp3) is 0.0833. The molecule has 5 nitrogen and oxygen atoms in total. The van der Waals surface area contributed by atoms with Crippen molar-refractivity contribution in [1.29, 1.82) is 0 Å². The molecule has 2 rings (SSSR count). The van der Waals surface area contributed by atoms with E-state index in [9.17, 15) is 4.79 Å². The highest BCUT2D eigenvalue weighted by Crippen LogP contribution is 2.20. The van der Waals surface area contributed by atoms with Crippen molar-refractivity contribution in [1.82, 2.24) is 5.32 Å². The standard InChI is InChI=1S/C12H14N4OS/c13-7-3-4-9(14)8(6-7)11(15)16-12(17)10-2-1-5-18-10/h1-6,11H,13-15H2,(H,16,17). The fourth-order valence-electron chi connectivity index (χ4n) is 1.56. The summed E-state index contributed by atoms with van der Waals surface area (Å²) in [6.07, 6.45) is -0.678. The van der Waals surface area contributed by atoms with E-state index in [-0.39, 0.29) is 5.91 Å². The molecule has 0 aliphatic heterocycles. The van der Waals surface area contributed by atoms with Crippen molar-refractivity contribution in [2.45, 2.75) is 6.17 Å². The van der Waals surface area contributed by atoms with Crippen molar-refractivity contribution >= 4 is 28.6 Å². The summed E-state index contributed by atoms with van der Waals surface area (Å²) < 4.78 is 0. The van der Waals surface area contributed by atoms with Gasteiger partial charge in [0.2, 0.25) is 0 Å². The SMILES string of the molecule is Nc1ccc(N)c(C(N)NC(=O)c2cccs2)c1. The highest BCUT2D eigenvalue weighted by atomic mass is 32.1. The Morgan fingerprint density at radius 1 is 1.28 bits per heavy atom. The van der Waals surface area contributed by atoms with Crippen LogP contribution in [0.2, 0.25) is 0 Å². The summed E-state index contributed by atoms with van der Waals surface area (Å²) in [6.45, 7) is 0. The molecule has 1 aromatic heterocycles. The maximum atomic E-state index is 11.8. The van der Waals surface area contributed by atoms with Gasteiger partial charge >= 0.3 is 0 Å². The van der Waals surface area contributed by atoms with Crippen molar-refractivity contribution < 1.29 is 4.79 Å². The number of amides is 1. The average Bonchev–Trinajstić information content (AvgIpc) is 2.85. The van der Waals surface area contributed by atoms with Crippen molar-refractivity contribution in [2.24, 2.45) is 5.73 Å². The third kappa shape index (κ3) is 2.61. The number of anilines is 2. The molecule has 1 aromatic carbocycles. The molecule has 0 fully saturated rings. The zero-order chi connectivity index (χ0) is 13.1. The van der Waals surface area contributed by atoms with E-state index in [0.717, 1.165) is 0 Å². The summed E-state index contributed by atoms with van der Waals surface area (Å²) in [4.78, 5) is 12.4. The zero-order valence-corrected chi connectivity index (χ0v) is 10.4. The van der Waals surface area contributed by atoms with Crippen LogP contribution in [0.3, 0.4) is 0 Å². The fourth-order valence-corrected chi connectivity index (χ4v) is 2.19. The minimum Gasteiger partial charge on any atom is -0.399 e. The van der Waals surface area contributed by atoms with Gasteiger partial charge in [0.25, 0.3) is 5.91 Å². The Morgan fingerprint density at radius 2 is 2.06 bits per heavy atom. The minimum absolute atomic E-state index is 0.223. The normalized spacial score (nSPS) is 12.1. The molecule has 6 heteroatoms. The number of hydrogen-bond donors (Lipinski definition) is 4. The van der Waals surface area contributed by atoms with E-state index < -0.39 is 6.17 Å². The van der Waals surface area contributed by atoms with Gasteiger partial charge in [0.1, 0.15) is 6.17 Å². The quantitative estimate of drug-likeness (QED) is 0.494. The molecule has 7 N–H and O–H groups in total. The van der Waals surface area contributed by atoms with E-state index >= 15 is 0 Å². The summed E-state index contributed by atoms with van der Waals surface area (Å²) in [5.41, 5.74) is 19.0. The predicted molar refractivity (Wildman–Crippen MR) is 74.0 cm³/mol. The molecule has 0 radical (unpaired) electrons. The molecule has 1 heterocycles. The first kappa shape index (κ1) is 12.4. The second kappa shape index (κ2) is 5.07. The van der Waals surface area contributed by atoms with Gasteiger partial charge < -0.3 is 22.5 Å². The molecule has 1 amide bonds. The van der Waals surface area contributed by atoms with Gasteiger partial charge in [-0.3, -0.25) is 4.79 Å². The Kier molecular flexibility index (Phi) is 3.50. The van der Waals surface area contributed by atoms with Crippen LogP contribution in [-0.2, 0) is 0 Å². The van der Waals surface area contributed by atoms with Crippen LogP contribution in [0.25, 0.3) is 0 Å². The number of nitrogens with two attached hydrogens (primary N) is 3. The molecule has 1 unspecified atom stereocenters. The van der Waals surface area contributed by atoms with Crippen molar-refractivity contribution in [2.75, 3.05) is 11.5 Å². The van der Waals surface area contributed by atoms with Gasteiger partial charge in [0, 0.05) is 16.9 Å². The number of carbonyl (C=O) groups excluding carboxylic acids is 1. The maximum Gasteiger partial charge on any atom is 0.262 e. The summed E-state index contributed by atoms with van der Waals surface area (Å²) in [6, 6.07) is 8.55. The smallest absolute Gasteiger partial charge is 0.262 e. The highest BCUT2D eigenvalue weighted by molar-refractivity contribution is 7.12. The lowest BCUT2D eigenvalue weighted by atomic mass is 10.1. The third-order valence-electron chi connectivity index (χ3n) is 2.48. The van der Waals surface area contributed by atoms with E-state index in [1.54, 1.807) is 30.3 Å². The first-order valence-corrected chi connectivity index (χ1v) is 6.21. The van der Waals surface area contributed by atoms with Crippen LogP contribution in [-0.4, -0.2) is 5.91 Å². The molecule has 0 saturated heterocycles. The zero-order valence-electron chi connectivity index (χ0n) is 9.59. The van der Waals surface area contributed by atoms with Crippen molar-refractivity contribution in [3.8, 4) is 0 Å². The van der Waals surface area contributed by atoms with Crippen LogP contribution in [0, 0.1) is 0 Å². The van der Waals surface area contributed by atoms with Crippen LogP contribution in [0.5, 0.6) is 0 Å². The Morgan fingerprint density at radius 3 is 2.72 bits per heavy atom. The number of rotatable bonds is 3. The molecule has 2 aromatic rings. The number of thiophene rings is 1. The monoisotopic (exact) mass is 262 g/mol. The van der Waals surface area contributed by atoms with Crippen LogP contribution >= 0.6 is 11.3 Å². The predicted octanol–water partition coefficient (Wildman–Crippen LogP) is 1.30. The van der Waals surface area contributed by atoms with Crippen LogP contribution < -0.4 is 22.5 Å². The Balaban J connectivity index is 2.14. The van der Waals surface area contributed by atoms with E-state index in [0.29, 0.717) is 21.8 Å². The number of nitrogen functional groups attached to an aromatic ring is 2. The van der Waals surface area contributed by atoms with Crippen LogP contribution in [0.4, 0.5) is 11.4 Å². The molecule has 18 heavy (non-hydrogen) atoms. The molecule has 1 atom stereocenters. The largest absolute Gasteiger partial charge is 0.399 e. The molecular weight excluding hydrogens is 248 g/mol. The number of carbonyl (C=O) groups is 1. The van der Waals surface area contributed by atoms with E-state index in [2.05, 4.69) is 5.32 Å². The van der Waals surface area contributed by atoms with Crippen molar-refractivity contribution in [3.05, 3.63) is 46.2 Å². The lowest BCUT2D eigenvalue weighted by Crippen LogP contribution is -2.34. The minimum atomic E-state index is -0.678. The molecule has 0 bridgehead atoms. The summed E-state index contributed by atoms with van der Waals surface area (Å²) in [7, 11) is 0. The first-order valence-electron chi connectivity index (χ1n) is 5.33. The molecule has 94 valence electrons. The van der Waals surface area contributed by atoms with Gasteiger partial charge in [-0.1, -0.05) is 6.07 Å². The van der Waals surface area contributed by atoms with Gasteiger partial charge in [-0.2, -0.15) is 0 Å². The van der Waals surface area contributed by atoms with Gasteiger partial charge in [0.15, 0.2) is 0 Å².